The maximum Gasteiger partial charge on any atom is 0.240 e. The van der Waals surface area contributed by atoms with E-state index in [1.54, 1.807) is 23.0 Å². The fourth-order valence-corrected chi connectivity index (χ4v) is 3.83. The molecule has 0 aliphatic rings. The van der Waals surface area contributed by atoms with E-state index in [1.165, 1.54) is 12.4 Å². The Morgan fingerprint density at radius 1 is 1.16 bits per heavy atom. The minimum absolute atomic E-state index is 0.0380. The van der Waals surface area contributed by atoms with E-state index in [0.717, 1.165) is 18.0 Å². The number of benzene rings is 1. The summed E-state index contributed by atoms with van der Waals surface area (Å²) in [5.74, 6) is 1.24. The lowest BCUT2D eigenvalue weighted by Gasteiger charge is -2.10. The molecule has 4 rings (SSSR count). The van der Waals surface area contributed by atoms with Crippen molar-refractivity contribution >= 4 is 15.8 Å². The first-order valence-corrected chi connectivity index (χ1v) is 10.5. The Hall–Kier alpha value is -3.78. The first-order chi connectivity index (χ1) is 14.9. The molecule has 0 unspecified atom stereocenters. The lowest BCUT2D eigenvalue weighted by Crippen LogP contribution is -2.29. The Morgan fingerprint density at radius 3 is 2.77 bits per heavy atom. The van der Waals surface area contributed by atoms with E-state index in [1.807, 2.05) is 6.92 Å². The van der Waals surface area contributed by atoms with E-state index in [9.17, 15) is 12.8 Å². The minimum atomic E-state index is -3.88. The average Bonchev–Trinajstić information content (AvgIpc) is 3.43. The maximum absolute atomic E-state index is 14.0. The molecule has 3 aromatic heterocycles. The van der Waals surface area contributed by atoms with Gasteiger partial charge in [-0.3, -0.25) is 4.57 Å². The van der Waals surface area contributed by atoms with Crippen molar-refractivity contribution in [3.8, 4) is 17.2 Å². The Morgan fingerprint density at radius 2 is 2.03 bits per heavy atom. The van der Waals surface area contributed by atoms with Crippen LogP contribution in [0.25, 0.3) is 17.2 Å². The number of H-pyrrole nitrogens is 1. The molecule has 0 bridgehead atoms. The molecule has 0 spiro atoms. The third-order valence-corrected chi connectivity index (χ3v) is 5.74. The average molecular weight is 444 g/mol. The third kappa shape index (κ3) is 4.54. The zero-order valence-corrected chi connectivity index (χ0v) is 17.0. The highest BCUT2D eigenvalue weighted by Crippen LogP contribution is 2.22. The molecule has 31 heavy (non-hydrogen) atoms. The number of halogens is 1. The quantitative estimate of drug-likeness (QED) is 0.333. The van der Waals surface area contributed by atoms with Gasteiger partial charge in [-0.1, -0.05) is 0 Å². The molecule has 14 heteroatoms. The molecule has 0 saturated heterocycles. The molecule has 0 aliphatic heterocycles. The lowest BCUT2D eigenvalue weighted by atomic mass is 10.2. The van der Waals surface area contributed by atoms with Crippen LogP contribution < -0.4 is 10.0 Å². The van der Waals surface area contributed by atoms with Crippen LogP contribution in [0, 0.1) is 12.7 Å². The molecule has 0 saturated carbocycles. The highest BCUT2D eigenvalue weighted by atomic mass is 32.2. The SMILES string of the molecule is Cc1nccn1-c1cc(NCCNS(=O)(=O)c2ccc(F)c(-c3nn[nH]n3)c2)ncn1. The molecule has 12 nitrogen and oxygen atoms in total. The summed E-state index contributed by atoms with van der Waals surface area (Å²) in [7, 11) is -3.88. The van der Waals surface area contributed by atoms with Crippen LogP contribution in [0.15, 0.2) is 47.9 Å². The number of anilines is 1. The summed E-state index contributed by atoms with van der Waals surface area (Å²) in [6, 6.07) is 5.08. The number of nitrogens with zero attached hydrogens (tertiary/aromatic N) is 7. The summed E-state index contributed by atoms with van der Waals surface area (Å²) >= 11 is 0. The van der Waals surface area contributed by atoms with E-state index in [4.69, 9.17) is 0 Å². The van der Waals surface area contributed by atoms with Crippen LogP contribution in [0.4, 0.5) is 10.2 Å². The molecule has 3 heterocycles. The highest BCUT2D eigenvalue weighted by molar-refractivity contribution is 7.89. The zero-order chi connectivity index (χ0) is 21.8. The van der Waals surface area contributed by atoms with Gasteiger partial charge in [0.15, 0.2) is 0 Å². The normalized spacial score (nSPS) is 11.5. The second-order valence-corrected chi connectivity index (χ2v) is 8.07. The van der Waals surface area contributed by atoms with E-state index in [-0.39, 0.29) is 29.4 Å². The van der Waals surface area contributed by atoms with Crippen molar-refractivity contribution in [3.63, 3.8) is 0 Å². The van der Waals surface area contributed by atoms with Crippen LogP contribution in [-0.4, -0.2) is 61.7 Å². The van der Waals surface area contributed by atoms with Gasteiger partial charge in [-0.25, -0.2) is 32.5 Å². The summed E-state index contributed by atoms with van der Waals surface area (Å²) in [5, 5.41) is 15.9. The van der Waals surface area contributed by atoms with Gasteiger partial charge in [-0.2, -0.15) is 5.21 Å². The summed E-state index contributed by atoms with van der Waals surface area (Å²) in [6.07, 6.45) is 4.85. The topological polar surface area (TPSA) is 156 Å². The van der Waals surface area contributed by atoms with Gasteiger partial charge in [-0.15, -0.1) is 10.2 Å². The van der Waals surface area contributed by atoms with Crippen LogP contribution in [0.1, 0.15) is 5.82 Å². The smallest absolute Gasteiger partial charge is 0.240 e. The number of rotatable bonds is 8. The number of imidazole rings is 1. The van der Waals surface area contributed by atoms with Crippen molar-refractivity contribution in [2.75, 3.05) is 18.4 Å². The largest absolute Gasteiger partial charge is 0.369 e. The molecule has 3 N–H and O–H groups in total. The number of aromatic amines is 1. The number of aryl methyl sites for hydroxylation is 1. The van der Waals surface area contributed by atoms with Crippen LogP contribution in [0.2, 0.25) is 0 Å². The van der Waals surface area contributed by atoms with Crippen molar-refractivity contribution in [2.45, 2.75) is 11.8 Å². The van der Waals surface area contributed by atoms with Crippen LogP contribution in [0.5, 0.6) is 0 Å². The van der Waals surface area contributed by atoms with Gasteiger partial charge in [0, 0.05) is 31.5 Å². The summed E-state index contributed by atoms with van der Waals surface area (Å²) in [6.45, 7) is 2.18. The van der Waals surface area contributed by atoms with Crippen molar-refractivity contribution in [2.24, 2.45) is 0 Å². The second kappa shape index (κ2) is 8.53. The number of hydrogen-bond acceptors (Lipinski definition) is 9. The van der Waals surface area contributed by atoms with Gasteiger partial charge < -0.3 is 5.32 Å². The van der Waals surface area contributed by atoms with Crippen molar-refractivity contribution in [1.29, 1.82) is 0 Å². The van der Waals surface area contributed by atoms with E-state index in [2.05, 4.69) is 45.6 Å². The molecule has 0 atom stereocenters. The predicted molar refractivity (Wildman–Crippen MR) is 107 cm³/mol. The summed E-state index contributed by atoms with van der Waals surface area (Å²) in [5.41, 5.74) is -0.0712. The number of nitrogens with one attached hydrogen (secondary N) is 3. The molecule has 4 aromatic rings. The predicted octanol–water partition coefficient (Wildman–Crippen LogP) is 0.680. The second-order valence-electron chi connectivity index (χ2n) is 6.31. The van der Waals surface area contributed by atoms with Gasteiger partial charge in [0.2, 0.25) is 15.8 Å². The van der Waals surface area contributed by atoms with Crippen molar-refractivity contribution in [1.82, 2.24) is 44.9 Å². The van der Waals surface area contributed by atoms with Crippen molar-refractivity contribution < 1.29 is 12.8 Å². The molecule has 0 radical (unpaired) electrons. The van der Waals surface area contributed by atoms with E-state index in [0.29, 0.717) is 11.6 Å². The Kier molecular flexibility index (Phi) is 5.64. The molecular formula is C17H17FN10O2S. The zero-order valence-electron chi connectivity index (χ0n) is 16.2. The summed E-state index contributed by atoms with van der Waals surface area (Å²) < 4.78 is 43.4. The number of aromatic nitrogens is 8. The Balaban J connectivity index is 1.39. The lowest BCUT2D eigenvalue weighted by molar-refractivity contribution is 0.582. The first-order valence-electron chi connectivity index (χ1n) is 9.03. The van der Waals surface area contributed by atoms with Gasteiger partial charge in [0.05, 0.1) is 10.5 Å². The van der Waals surface area contributed by atoms with Gasteiger partial charge in [0.1, 0.15) is 29.6 Å². The molecule has 0 amide bonds. The van der Waals surface area contributed by atoms with E-state index >= 15 is 0 Å². The van der Waals surface area contributed by atoms with Crippen molar-refractivity contribution in [3.05, 3.63) is 54.6 Å². The fraction of sp³-hybridized carbons (Fsp3) is 0.176. The molecular weight excluding hydrogens is 427 g/mol. The standard InChI is InChI=1S/C17H17FN10O2S/c1-11-19-6-7-28(11)16-9-15(21-10-22-16)20-4-5-23-31(29,30)12-2-3-14(18)13(8-12)17-24-26-27-25-17/h2-3,6-10,23H,4-5H2,1H3,(H,20,21,22)(H,24,25,26,27). The molecule has 0 aliphatic carbocycles. The number of hydrogen-bond donors (Lipinski definition) is 3. The highest BCUT2D eigenvalue weighted by Gasteiger charge is 2.18. The maximum atomic E-state index is 14.0. The Bertz CT molecular complexity index is 1290. The third-order valence-electron chi connectivity index (χ3n) is 4.28. The van der Waals surface area contributed by atoms with Crippen LogP contribution in [0.3, 0.4) is 0 Å². The monoisotopic (exact) mass is 444 g/mol. The van der Waals surface area contributed by atoms with Gasteiger partial charge >= 0.3 is 0 Å². The van der Waals surface area contributed by atoms with Gasteiger partial charge in [0.25, 0.3) is 0 Å². The molecule has 160 valence electrons. The molecule has 1 aromatic carbocycles. The fourth-order valence-electron chi connectivity index (χ4n) is 2.77. The minimum Gasteiger partial charge on any atom is -0.369 e. The van der Waals surface area contributed by atoms with Crippen LogP contribution in [-0.2, 0) is 10.0 Å². The Labute approximate surface area is 176 Å². The first kappa shape index (κ1) is 20.5. The van der Waals surface area contributed by atoms with Crippen LogP contribution >= 0.6 is 0 Å². The summed E-state index contributed by atoms with van der Waals surface area (Å²) in [4.78, 5) is 12.4. The van der Waals surface area contributed by atoms with Gasteiger partial charge in [-0.05, 0) is 30.3 Å². The van der Waals surface area contributed by atoms with E-state index < -0.39 is 15.8 Å². The number of sulfonamides is 1. The number of tetrazole rings is 1. The molecule has 0 fully saturated rings.